The molecule has 9 nitrogen and oxygen atoms in total. The van der Waals surface area contributed by atoms with Crippen molar-refractivity contribution in [3.63, 3.8) is 0 Å². The zero-order valence-corrected chi connectivity index (χ0v) is 17.2. The summed E-state index contributed by atoms with van der Waals surface area (Å²) in [5.74, 6) is -1.32. The van der Waals surface area contributed by atoms with E-state index in [0.717, 1.165) is 10.8 Å². The number of esters is 1. The number of rotatable bonds is 6. The number of benzene rings is 3. The van der Waals surface area contributed by atoms with Gasteiger partial charge in [-0.2, -0.15) is 0 Å². The lowest BCUT2D eigenvalue weighted by molar-refractivity contribution is -0.384. The number of hydrogen-bond acceptors (Lipinski definition) is 7. The van der Waals surface area contributed by atoms with Gasteiger partial charge in [-0.25, -0.2) is 4.79 Å². The first-order chi connectivity index (χ1) is 15.5. The number of nitrogens with zero attached hydrogens (tertiary/aromatic N) is 2. The number of nitrogens with one attached hydrogen (secondary N) is 1. The molecule has 0 saturated carbocycles. The average Bonchev–Trinajstić information content (AvgIpc) is 2.82. The Labute approximate surface area is 183 Å². The lowest BCUT2D eigenvalue weighted by Gasteiger charge is -2.28. The summed E-state index contributed by atoms with van der Waals surface area (Å²) in [6.45, 7) is 1.50. The second kappa shape index (κ2) is 9.44. The Kier molecular flexibility index (Phi) is 6.27. The van der Waals surface area contributed by atoms with Gasteiger partial charge in [-0.15, -0.1) is 0 Å². The van der Waals surface area contributed by atoms with Gasteiger partial charge in [-0.3, -0.25) is 14.9 Å². The van der Waals surface area contributed by atoms with Crippen LogP contribution in [0, 0.1) is 10.1 Å². The number of hydrogen-bond donors (Lipinski definition) is 1. The third-order valence-corrected chi connectivity index (χ3v) is 5.13. The van der Waals surface area contributed by atoms with Gasteiger partial charge in [0.15, 0.2) is 6.61 Å². The van der Waals surface area contributed by atoms with Gasteiger partial charge in [0, 0.05) is 24.8 Å². The highest BCUT2D eigenvalue weighted by Crippen LogP contribution is 2.30. The zero-order chi connectivity index (χ0) is 22.5. The molecule has 0 spiro atoms. The molecule has 4 rings (SSSR count). The minimum Gasteiger partial charge on any atom is -0.452 e. The first-order valence-electron chi connectivity index (χ1n) is 10.1. The maximum Gasteiger partial charge on any atom is 0.338 e. The second-order valence-corrected chi connectivity index (χ2v) is 7.25. The number of anilines is 2. The predicted octanol–water partition coefficient (Wildman–Crippen LogP) is 3.38. The molecule has 1 heterocycles. The molecule has 1 fully saturated rings. The van der Waals surface area contributed by atoms with Gasteiger partial charge >= 0.3 is 5.97 Å². The lowest BCUT2D eigenvalue weighted by Crippen LogP contribution is -2.36. The molecule has 1 amide bonds. The largest absolute Gasteiger partial charge is 0.452 e. The van der Waals surface area contributed by atoms with Crippen molar-refractivity contribution in [3.8, 4) is 0 Å². The van der Waals surface area contributed by atoms with Crippen molar-refractivity contribution in [2.45, 2.75) is 0 Å². The van der Waals surface area contributed by atoms with E-state index in [-0.39, 0.29) is 11.3 Å². The summed E-state index contributed by atoms with van der Waals surface area (Å²) in [7, 11) is 0. The van der Waals surface area contributed by atoms with E-state index in [1.165, 1.54) is 18.2 Å². The Morgan fingerprint density at radius 3 is 2.53 bits per heavy atom. The number of nitro groups is 1. The molecule has 164 valence electrons. The van der Waals surface area contributed by atoms with Crippen LogP contribution in [0.1, 0.15) is 10.4 Å². The molecule has 1 N–H and O–H groups in total. The van der Waals surface area contributed by atoms with Crippen molar-refractivity contribution in [3.05, 3.63) is 76.3 Å². The van der Waals surface area contributed by atoms with Gasteiger partial charge in [0.25, 0.3) is 11.6 Å². The van der Waals surface area contributed by atoms with Crippen LogP contribution in [-0.2, 0) is 14.3 Å². The number of nitro benzene ring substituents is 1. The van der Waals surface area contributed by atoms with E-state index < -0.39 is 23.4 Å². The summed E-state index contributed by atoms with van der Waals surface area (Å²) in [4.78, 5) is 37.4. The zero-order valence-electron chi connectivity index (χ0n) is 17.2. The van der Waals surface area contributed by atoms with Gasteiger partial charge in [0.2, 0.25) is 0 Å². The molecule has 0 unspecified atom stereocenters. The van der Waals surface area contributed by atoms with Crippen LogP contribution in [0.15, 0.2) is 60.7 Å². The van der Waals surface area contributed by atoms with Crippen molar-refractivity contribution in [2.24, 2.45) is 0 Å². The molecule has 0 bridgehead atoms. The van der Waals surface area contributed by atoms with E-state index in [9.17, 15) is 19.7 Å². The minimum absolute atomic E-state index is 0.00668. The number of ether oxygens (including phenoxy) is 2. The van der Waals surface area contributed by atoms with Gasteiger partial charge in [-0.05, 0) is 35.0 Å². The topological polar surface area (TPSA) is 111 Å². The van der Waals surface area contributed by atoms with E-state index in [1.807, 2.05) is 41.3 Å². The predicted molar refractivity (Wildman–Crippen MR) is 119 cm³/mol. The second-order valence-electron chi connectivity index (χ2n) is 7.25. The molecule has 32 heavy (non-hydrogen) atoms. The Morgan fingerprint density at radius 1 is 1.03 bits per heavy atom. The van der Waals surface area contributed by atoms with Crippen LogP contribution in [0.25, 0.3) is 10.8 Å². The first kappa shape index (κ1) is 21.3. The van der Waals surface area contributed by atoms with E-state index in [2.05, 4.69) is 5.32 Å². The number of morpholine rings is 1. The highest BCUT2D eigenvalue weighted by molar-refractivity contribution is 5.97. The van der Waals surface area contributed by atoms with E-state index >= 15 is 0 Å². The summed E-state index contributed by atoms with van der Waals surface area (Å²) in [6, 6.07) is 17.3. The molecule has 0 aliphatic carbocycles. The third kappa shape index (κ3) is 4.84. The van der Waals surface area contributed by atoms with E-state index in [4.69, 9.17) is 9.47 Å². The van der Waals surface area contributed by atoms with Gasteiger partial charge in [0.05, 0.1) is 23.7 Å². The van der Waals surface area contributed by atoms with Crippen molar-refractivity contribution in [1.29, 1.82) is 0 Å². The highest BCUT2D eigenvalue weighted by Gasteiger charge is 2.24. The van der Waals surface area contributed by atoms with Gasteiger partial charge < -0.3 is 19.7 Å². The van der Waals surface area contributed by atoms with Crippen LogP contribution in [0.4, 0.5) is 17.1 Å². The molecule has 3 aromatic rings. The average molecular weight is 435 g/mol. The molecule has 9 heteroatoms. The molecule has 0 aromatic heterocycles. The van der Waals surface area contributed by atoms with Crippen molar-refractivity contribution < 1.29 is 24.0 Å². The fourth-order valence-corrected chi connectivity index (χ4v) is 3.55. The Hall–Kier alpha value is -3.98. The number of carbonyl (C=O) groups is 2. The highest BCUT2D eigenvalue weighted by atomic mass is 16.6. The van der Waals surface area contributed by atoms with Crippen LogP contribution in [0.2, 0.25) is 0 Å². The smallest absolute Gasteiger partial charge is 0.338 e. The third-order valence-electron chi connectivity index (χ3n) is 5.13. The molecular formula is C23H21N3O6. The van der Waals surface area contributed by atoms with Crippen molar-refractivity contribution in [2.75, 3.05) is 43.1 Å². The van der Waals surface area contributed by atoms with Crippen LogP contribution < -0.4 is 10.2 Å². The maximum atomic E-state index is 12.4. The summed E-state index contributed by atoms with van der Waals surface area (Å²) in [5.41, 5.74) is 0.813. The lowest BCUT2D eigenvalue weighted by atomic mass is 10.1. The number of amides is 1. The Morgan fingerprint density at radius 2 is 1.78 bits per heavy atom. The van der Waals surface area contributed by atoms with Gasteiger partial charge in [0.1, 0.15) is 5.69 Å². The molecule has 1 aliphatic heterocycles. The fourth-order valence-electron chi connectivity index (χ4n) is 3.55. The maximum absolute atomic E-state index is 12.4. The summed E-state index contributed by atoms with van der Waals surface area (Å²) in [6.07, 6.45) is 0. The van der Waals surface area contributed by atoms with Crippen molar-refractivity contribution >= 4 is 39.7 Å². The Bertz CT molecular complexity index is 1170. The molecule has 0 atom stereocenters. The monoisotopic (exact) mass is 435 g/mol. The Balaban J connectivity index is 1.39. The number of carbonyl (C=O) groups excluding carboxylic acids is 2. The SMILES string of the molecule is O=C(COC(=O)c1ccc(N2CCOCC2)c([N+](=O)[O-])c1)Nc1ccc2ccccc2c1. The number of fused-ring (bicyclic) bond motifs is 1. The molecule has 1 aliphatic rings. The molecule has 1 saturated heterocycles. The normalized spacial score (nSPS) is 13.6. The molecular weight excluding hydrogens is 414 g/mol. The summed E-state index contributed by atoms with van der Waals surface area (Å²) in [5, 5.41) is 16.2. The first-order valence-corrected chi connectivity index (χ1v) is 10.1. The van der Waals surface area contributed by atoms with Crippen LogP contribution in [0.5, 0.6) is 0 Å². The quantitative estimate of drug-likeness (QED) is 0.359. The van der Waals surface area contributed by atoms with Crippen LogP contribution in [-0.4, -0.2) is 49.7 Å². The standard InChI is InChI=1S/C23H21N3O6/c27-22(24-19-7-5-16-3-1-2-4-17(16)13-19)15-32-23(28)18-6-8-20(21(14-18)26(29)30)25-9-11-31-12-10-25/h1-8,13-14H,9-12,15H2,(H,24,27). The van der Waals surface area contributed by atoms with Crippen LogP contribution >= 0.6 is 0 Å². The van der Waals surface area contributed by atoms with Crippen molar-refractivity contribution in [1.82, 2.24) is 0 Å². The molecule has 3 aromatic carbocycles. The summed E-state index contributed by atoms with van der Waals surface area (Å²) < 4.78 is 10.3. The van der Waals surface area contributed by atoms with Crippen LogP contribution in [0.3, 0.4) is 0 Å². The van der Waals surface area contributed by atoms with E-state index in [0.29, 0.717) is 37.7 Å². The molecule has 0 radical (unpaired) electrons. The minimum atomic E-state index is -0.810. The summed E-state index contributed by atoms with van der Waals surface area (Å²) >= 11 is 0. The fraction of sp³-hybridized carbons (Fsp3) is 0.217. The van der Waals surface area contributed by atoms with Gasteiger partial charge in [-0.1, -0.05) is 30.3 Å². The van der Waals surface area contributed by atoms with E-state index in [1.54, 1.807) is 6.07 Å².